The number of nitrogens with zero attached hydrogens (tertiary/aromatic N) is 1. The molecular weight excluding hydrogens is 282 g/mol. The standard InChI is InChI=1S/C13H16BrNO2/c1-9-3-4-10(14)7-12(9)13(16)15(2)11-5-6-17-8-11/h3-4,7,11H,5-6,8H2,1-2H3. The summed E-state index contributed by atoms with van der Waals surface area (Å²) in [7, 11) is 1.85. The van der Waals surface area contributed by atoms with Crippen molar-refractivity contribution in [1.29, 1.82) is 0 Å². The van der Waals surface area contributed by atoms with Gasteiger partial charge in [-0.1, -0.05) is 22.0 Å². The van der Waals surface area contributed by atoms with E-state index < -0.39 is 0 Å². The Morgan fingerprint density at radius 3 is 2.94 bits per heavy atom. The zero-order valence-corrected chi connectivity index (χ0v) is 11.7. The lowest BCUT2D eigenvalue weighted by atomic mass is 10.1. The van der Waals surface area contributed by atoms with Gasteiger partial charge in [0.1, 0.15) is 0 Å². The van der Waals surface area contributed by atoms with Crippen LogP contribution in [0.5, 0.6) is 0 Å². The largest absolute Gasteiger partial charge is 0.379 e. The summed E-state index contributed by atoms with van der Waals surface area (Å²) in [5.74, 6) is 0.0688. The quantitative estimate of drug-likeness (QED) is 0.840. The number of ether oxygens (including phenoxy) is 1. The van der Waals surface area contributed by atoms with E-state index in [2.05, 4.69) is 15.9 Å². The number of hydrogen-bond donors (Lipinski definition) is 0. The predicted molar refractivity (Wildman–Crippen MR) is 70.2 cm³/mol. The van der Waals surface area contributed by atoms with Gasteiger partial charge in [-0.2, -0.15) is 0 Å². The van der Waals surface area contributed by atoms with Gasteiger partial charge >= 0.3 is 0 Å². The number of likely N-dealkylation sites (N-methyl/N-ethyl adjacent to an activating group) is 1. The fourth-order valence-electron chi connectivity index (χ4n) is 2.01. The Hall–Kier alpha value is -0.870. The van der Waals surface area contributed by atoms with E-state index in [1.165, 1.54) is 0 Å². The molecule has 1 aromatic rings. The topological polar surface area (TPSA) is 29.5 Å². The molecule has 1 atom stereocenters. The number of hydrogen-bond acceptors (Lipinski definition) is 2. The molecule has 92 valence electrons. The van der Waals surface area contributed by atoms with Crippen molar-refractivity contribution in [3.63, 3.8) is 0 Å². The maximum Gasteiger partial charge on any atom is 0.254 e. The highest BCUT2D eigenvalue weighted by Gasteiger charge is 2.25. The highest BCUT2D eigenvalue weighted by atomic mass is 79.9. The molecule has 0 aliphatic carbocycles. The van der Waals surface area contributed by atoms with E-state index in [0.29, 0.717) is 6.61 Å². The molecule has 0 aromatic heterocycles. The maximum absolute atomic E-state index is 12.4. The van der Waals surface area contributed by atoms with E-state index in [-0.39, 0.29) is 11.9 Å². The van der Waals surface area contributed by atoms with Crippen LogP contribution in [-0.4, -0.2) is 37.1 Å². The molecular formula is C13H16BrNO2. The second-order valence-corrected chi connectivity index (χ2v) is 5.31. The molecule has 1 fully saturated rings. The van der Waals surface area contributed by atoms with Gasteiger partial charge in [-0.3, -0.25) is 4.79 Å². The molecule has 1 aliphatic heterocycles. The van der Waals surface area contributed by atoms with Gasteiger partial charge in [0.25, 0.3) is 5.91 Å². The van der Waals surface area contributed by atoms with Crippen molar-refractivity contribution in [3.05, 3.63) is 33.8 Å². The molecule has 1 amide bonds. The zero-order valence-electron chi connectivity index (χ0n) is 10.1. The Balaban J connectivity index is 2.20. The Morgan fingerprint density at radius 1 is 1.53 bits per heavy atom. The lowest BCUT2D eigenvalue weighted by Gasteiger charge is -2.24. The van der Waals surface area contributed by atoms with Crippen LogP contribution in [0, 0.1) is 6.92 Å². The minimum Gasteiger partial charge on any atom is -0.379 e. The summed E-state index contributed by atoms with van der Waals surface area (Å²) >= 11 is 3.40. The van der Waals surface area contributed by atoms with Crippen molar-refractivity contribution in [1.82, 2.24) is 4.90 Å². The first-order valence-electron chi connectivity index (χ1n) is 5.70. The van der Waals surface area contributed by atoms with Gasteiger partial charge in [0, 0.05) is 23.7 Å². The van der Waals surface area contributed by atoms with Gasteiger partial charge < -0.3 is 9.64 Å². The summed E-state index contributed by atoms with van der Waals surface area (Å²) < 4.78 is 6.25. The zero-order chi connectivity index (χ0) is 12.4. The molecule has 0 bridgehead atoms. The van der Waals surface area contributed by atoms with Gasteiger partial charge in [-0.25, -0.2) is 0 Å². The SMILES string of the molecule is Cc1ccc(Br)cc1C(=O)N(C)C1CCOC1. The van der Waals surface area contributed by atoms with Crippen LogP contribution in [0.2, 0.25) is 0 Å². The molecule has 2 rings (SSSR count). The van der Waals surface area contributed by atoms with Gasteiger partial charge in [0.05, 0.1) is 12.6 Å². The summed E-state index contributed by atoms with van der Waals surface area (Å²) in [6.07, 6.45) is 0.926. The third kappa shape index (κ3) is 2.69. The van der Waals surface area contributed by atoms with Crippen LogP contribution < -0.4 is 0 Å². The Bertz CT molecular complexity index is 427. The van der Waals surface area contributed by atoms with Crippen molar-refractivity contribution in [2.24, 2.45) is 0 Å². The first-order chi connectivity index (χ1) is 8.09. The number of aryl methyl sites for hydroxylation is 1. The fourth-order valence-corrected chi connectivity index (χ4v) is 2.37. The minimum atomic E-state index is 0.0688. The van der Waals surface area contributed by atoms with Crippen LogP contribution in [0.1, 0.15) is 22.3 Å². The number of halogens is 1. The minimum absolute atomic E-state index is 0.0688. The van der Waals surface area contributed by atoms with E-state index in [1.807, 2.05) is 32.2 Å². The number of rotatable bonds is 2. The normalized spacial score (nSPS) is 19.4. The highest BCUT2D eigenvalue weighted by molar-refractivity contribution is 9.10. The monoisotopic (exact) mass is 297 g/mol. The molecule has 0 spiro atoms. The number of benzene rings is 1. The van der Waals surface area contributed by atoms with Crippen LogP contribution in [0.4, 0.5) is 0 Å². The second kappa shape index (κ2) is 5.19. The lowest BCUT2D eigenvalue weighted by Crippen LogP contribution is -2.37. The molecule has 1 unspecified atom stereocenters. The molecule has 1 saturated heterocycles. The van der Waals surface area contributed by atoms with Crippen molar-refractivity contribution >= 4 is 21.8 Å². The van der Waals surface area contributed by atoms with E-state index >= 15 is 0 Å². The predicted octanol–water partition coefficient (Wildman–Crippen LogP) is 2.62. The van der Waals surface area contributed by atoms with Crippen LogP contribution in [0.15, 0.2) is 22.7 Å². The number of carbonyl (C=O) groups is 1. The van der Waals surface area contributed by atoms with E-state index in [9.17, 15) is 4.79 Å². The van der Waals surface area contributed by atoms with Gasteiger partial charge in [-0.05, 0) is 31.0 Å². The second-order valence-electron chi connectivity index (χ2n) is 4.39. The first-order valence-corrected chi connectivity index (χ1v) is 6.50. The van der Waals surface area contributed by atoms with Gasteiger partial charge in [-0.15, -0.1) is 0 Å². The Morgan fingerprint density at radius 2 is 2.29 bits per heavy atom. The summed E-state index contributed by atoms with van der Waals surface area (Å²) in [5.41, 5.74) is 1.76. The molecule has 0 N–H and O–H groups in total. The summed E-state index contributed by atoms with van der Waals surface area (Å²) in [5, 5.41) is 0. The number of amides is 1. The molecule has 1 aliphatic rings. The molecule has 17 heavy (non-hydrogen) atoms. The van der Waals surface area contributed by atoms with Crippen molar-refractivity contribution in [3.8, 4) is 0 Å². The van der Waals surface area contributed by atoms with Crippen molar-refractivity contribution < 1.29 is 9.53 Å². The molecule has 0 radical (unpaired) electrons. The van der Waals surface area contributed by atoms with Gasteiger partial charge in [0.2, 0.25) is 0 Å². The summed E-state index contributed by atoms with van der Waals surface area (Å²) in [6, 6.07) is 5.99. The lowest BCUT2D eigenvalue weighted by molar-refractivity contribution is 0.0710. The molecule has 4 heteroatoms. The van der Waals surface area contributed by atoms with E-state index in [1.54, 1.807) is 4.90 Å². The molecule has 3 nitrogen and oxygen atoms in total. The third-order valence-corrected chi connectivity index (χ3v) is 3.70. The van der Waals surface area contributed by atoms with E-state index in [4.69, 9.17) is 4.74 Å². The molecule has 1 aromatic carbocycles. The van der Waals surface area contributed by atoms with Crippen LogP contribution >= 0.6 is 15.9 Å². The smallest absolute Gasteiger partial charge is 0.254 e. The fraction of sp³-hybridized carbons (Fsp3) is 0.462. The number of carbonyl (C=O) groups excluding carboxylic acids is 1. The van der Waals surface area contributed by atoms with Crippen molar-refractivity contribution in [2.75, 3.05) is 20.3 Å². The van der Waals surface area contributed by atoms with Crippen molar-refractivity contribution in [2.45, 2.75) is 19.4 Å². The summed E-state index contributed by atoms with van der Waals surface area (Å²) in [4.78, 5) is 14.1. The molecule has 0 saturated carbocycles. The highest BCUT2D eigenvalue weighted by Crippen LogP contribution is 2.20. The van der Waals surface area contributed by atoms with E-state index in [0.717, 1.165) is 28.6 Å². The third-order valence-electron chi connectivity index (χ3n) is 3.20. The Labute approximate surface area is 110 Å². The molecule has 1 heterocycles. The van der Waals surface area contributed by atoms with Gasteiger partial charge in [0.15, 0.2) is 0 Å². The van der Waals surface area contributed by atoms with Crippen LogP contribution in [-0.2, 0) is 4.74 Å². The summed E-state index contributed by atoms with van der Waals surface area (Å²) in [6.45, 7) is 3.35. The van der Waals surface area contributed by atoms with Crippen LogP contribution in [0.25, 0.3) is 0 Å². The first kappa shape index (κ1) is 12.6. The Kier molecular flexibility index (Phi) is 3.84. The maximum atomic E-state index is 12.4. The average Bonchev–Trinajstić information content (AvgIpc) is 2.84. The van der Waals surface area contributed by atoms with Crippen LogP contribution in [0.3, 0.4) is 0 Å². The average molecular weight is 298 g/mol.